The van der Waals surface area contributed by atoms with Crippen molar-refractivity contribution in [2.75, 3.05) is 6.54 Å². The molecule has 1 aliphatic carbocycles. The van der Waals surface area contributed by atoms with Crippen LogP contribution in [0.25, 0.3) is 0 Å². The molecule has 1 saturated heterocycles. The van der Waals surface area contributed by atoms with Crippen molar-refractivity contribution in [1.29, 1.82) is 0 Å². The third-order valence-electron chi connectivity index (χ3n) is 4.76. The van der Waals surface area contributed by atoms with Crippen molar-refractivity contribution < 1.29 is 14.7 Å². The Morgan fingerprint density at radius 2 is 1.86 bits per heavy atom. The van der Waals surface area contributed by atoms with Gasteiger partial charge in [0, 0.05) is 13.0 Å². The number of hydrogen-bond acceptors (Lipinski definition) is 2. The average Bonchev–Trinajstić information content (AvgIpc) is 3.10. The molecule has 112 valence electrons. The lowest BCUT2D eigenvalue weighted by atomic mass is 9.99. The van der Waals surface area contributed by atoms with Gasteiger partial charge in [-0.25, -0.2) is 4.79 Å². The average molecular weight is 287 g/mol. The van der Waals surface area contributed by atoms with Crippen molar-refractivity contribution in [2.24, 2.45) is 5.92 Å². The maximum absolute atomic E-state index is 12.3. The van der Waals surface area contributed by atoms with Gasteiger partial charge in [0.2, 0.25) is 5.91 Å². The number of carbonyl (C=O) groups is 2. The molecule has 1 N–H and O–H groups in total. The molecule has 1 aromatic carbocycles. The first kappa shape index (κ1) is 14.1. The molecule has 0 radical (unpaired) electrons. The number of carboxylic acid groups (broad SMARTS) is 1. The second-order valence-corrected chi connectivity index (χ2v) is 6.17. The Kier molecular flexibility index (Phi) is 3.95. The summed E-state index contributed by atoms with van der Waals surface area (Å²) in [7, 11) is 0. The highest BCUT2D eigenvalue weighted by atomic mass is 16.4. The number of likely N-dealkylation sites (tertiary alicyclic amines) is 1. The molecule has 0 saturated carbocycles. The van der Waals surface area contributed by atoms with Crippen molar-refractivity contribution in [1.82, 2.24) is 4.90 Å². The molecule has 4 heteroatoms. The van der Waals surface area contributed by atoms with E-state index in [-0.39, 0.29) is 5.91 Å². The van der Waals surface area contributed by atoms with Gasteiger partial charge in [-0.2, -0.15) is 0 Å². The summed E-state index contributed by atoms with van der Waals surface area (Å²) in [6.45, 7) is 0.598. The number of carboxylic acids is 1. The topological polar surface area (TPSA) is 57.6 Å². The number of benzene rings is 1. The molecule has 1 fully saturated rings. The monoisotopic (exact) mass is 287 g/mol. The Morgan fingerprint density at radius 1 is 1.19 bits per heavy atom. The number of hydrogen-bond donors (Lipinski definition) is 1. The summed E-state index contributed by atoms with van der Waals surface area (Å²) < 4.78 is 0. The summed E-state index contributed by atoms with van der Waals surface area (Å²) in [4.78, 5) is 24.9. The molecule has 1 aromatic rings. The summed E-state index contributed by atoms with van der Waals surface area (Å²) in [6.07, 6.45) is 4.82. The van der Waals surface area contributed by atoms with Gasteiger partial charge in [-0.3, -0.25) is 4.79 Å². The van der Waals surface area contributed by atoms with Crippen LogP contribution in [0.1, 0.15) is 36.8 Å². The van der Waals surface area contributed by atoms with Gasteiger partial charge in [0.1, 0.15) is 6.04 Å². The van der Waals surface area contributed by atoms with E-state index in [0.29, 0.717) is 25.3 Å². The van der Waals surface area contributed by atoms with Crippen molar-refractivity contribution in [3.05, 3.63) is 35.4 Å². The van der Waals surface area contributed by atoms with Crippen LogP contribution < -0.4 is 0 Å². The minimum Gasteiger partial charge on any atom is -0.480 e. The lowest BCUT2D eigenvalue weighted by Gasteiger charge is -2.22. The normalized spacial score (nSPS) is 21.5. The number of rotatable bonds is 4. The zero-order valence-electron chi connectivity index (χ0n) is 12.1. The molecule has 1 atom stereocenters. The van der Waals surface area contributed by atoms with Crippen molar-refractivity contribution in [3.63, 3.8) is 0 Å². The molecule has 3 rings (SSSR count). The number of nitrogens with zero attached hydrogens (tertiary/aromatic N) is 1. The van der Waals surface area contributed by atoms with Gasteiger partial charge < -0.3 is 10.0 Å². The Morgan fingerprint density at radius 3 is 2.48 bits per heavy atom. The summed E-state index contributed by atoms with van der Waals surface area (Å²) in [5.41, 5.74) is 2.80. The van der Waals surface area contributed by atoms with Gasteiger partial charge in [0.05, 0.1) is 0 Å². The molecule has 1 heterocycles. The quantitative estimate of drug-likeness (QED) is 0.924. The predicted molar refractivity (Wildman–Crippen MR) is 78.9 cm³/mol. The van der Waals surface area contributed by atoms with Gasteiger partial charge >= 0.3 is 5.97 Å². The van der Waals surface area contributed by atoms with Gasteiger partial charge in [-0.1, -0.05) is 24.3 Å². The van der Waals surface area contributed by atoms with E-state index in [1.54, 1.807) is 4.90 Å². The van der Waals surface area contributed by atoms with Crippen molar-refractivity contribution >= 4 is 11.9 Å². The lowest BCUT2D eigenvalue weighted by Crippen LogP contribution is -2.40. The zero-order valence-corrected chi connectivity index (χ0v) is 12.1. The van der Waals surface area contributed by atoms with Crippen LogP contribution in [0.5, 0.6) is 0 Å². The highest BCUT2D eigenvalue weighted by Crippen LogP contribution is 2.30. The van der Waals surface area contributed by atoms with Gasteiger partial charge in [0.25, 0.3) is 0 Å². The summed E-state index contributed by atoms with van der Waals surface area (Å²) in [5, 5.41) is 9.14. The SMILES string of the molecule is O=C(O)[C@@H]1CCCN1C(=O)CCC1Cc2ccccc2C1. The lowest BCUT2D eigenvalue weighted by molar-refractivity contribution is -0.148. The van der Waals surface area contributed by atoms with Crippen LogP contribution in [0.2, 0.25) is 0 Å². The minimum atomic E-state index is -0.867. The van der Waals surface area contributed by atoms with Gasteiger partial charge in [-0.05, 0) is 49.1 Å². The molecule has 0 spiro atoms. The molecule has 1 amide bonds. The highest BCUT2D eigenvalue weighted by molar-refractivity contribution is 5.84. The summed E-state index contributed by atoms with van der Waals surface area (Å²) >= 11 is 0. The largest absolute Gasteiger partial charge is 0.480 e. The smallest absolute Gasteiger partial charge is 0.326 e. The molecule has 0 unspecified atom stereocenters. The fourth-order valence-corrected chi connectivity index (χ4v) is 3.65. The zero-order chi connectivity index (χ0) is 14.8. The first-order valence-electron chi connectivity index (χ1n) is 7.74. The van der Waals surface area contributed by atoms with Crippen LogP contribution in [-0.2, 0) is 22.4 Å². The number of carbonyl (C=O) groups excluding carboxylic acids is 1. The van der Waals surface area contributed by atoms with Crippen molar-refractivity contribution in [3.8, 4) is 0 Å². The van der Waals surface area contributed by atoms with Crippen LogP contribution in [-0.4, -0.2) is 34.5 Å². The summed E-state index contributed by atoms with van der Waals surface area (Å²) in [5.74, 6) is -0.331. The van der Waals surface area contributed by atoms with E-state index in [9.17, 15) is 9.59 Å². The van der Waals surface area contributed by atoms with Gasteiger partial charge in [-0.15, -0.1) is 0 Å². The number of aliphatic carboxylic acids is 1. The molecule has 2 aliphatic rings. The van der Waals surface area contributed by atoms with Crippen LogP contribution in [0.4, 0.5) is 0 Å². The predicted octanol–water partition coefficient (Wildman–Crippen LogP) is 2.26. The maximum atomic E-state index is 12.3. The van der Waals surface area contributed by atoms with Crippen molar-refractivity contribution in [2.45, 2.75) is 44.6 Å². The van der Waals surface area contributed by atoms with Crippen LogP contribution in [0.15, 0.2) is 24.3 Å². The van der Waals surface area contributed by atoms with Crippen LogP contribution in [0.3, 0.4) is 0 Å². The Balaban J connectivity index is 1.52. The van der Waals surface area contributed by atoms with E-state index in [1.165, 1.54) is 11.1 Å². The number of fused-ring (bicyclic) bond motifs is 1. The van der Waals surface area contributed by atoms with E-state index in [2.05, 4.69) is 24.3 Å². The standard InChI is InChI=1S/C17H21NO3/c19-16(18-9-3-6-15(18)17(20)21)8-7-12-10-13-4-1-2-5-14(13)11-12/h1-2,4-5,12,15H,3,6-11H2,(H,20,21)/t15-/m0/s1. The second-order valence-electron chi connectivity index (χ2n) is 6.17. The number of amides is 1. The second kappa shape index (κ2) is 5.88. The molecular formula is C17H21NO3. The van der Waals surface area contributed by atoms with E-state index in [0.717, 1.165) is 25.7 Å². The molecule has 21 heavy (non-hydrogen) atoms. The first-order chi connectivity index (χ1) is 10.1. The Hall–Kier alpha value is -1.84. The molecule has 4 nitrogen and oxygen atoms in total. The van der Waals surface area contributed by atoms with Gasteiger partial charge in [0.15, 0.2) is 0 Å². The van der Waals surface area contributed by atoms with Crippen LogP contribution in [0, 0.1) is 5.92 Å². The third-order valence-corrected chi connectivity index (χ3v) is 4.76. The van der Waals surface area contributed by atoms with E-state index in [4.69, 9.17) is 5.11 Å². The third kappa shape index (κ3) is 2.94. The van der Waals surface area contributed by atoms with E-state index < -0.39 is 12.0 Å². The van der Waals surface area contributed by atoms with E-state index in [1.807, 2.05) is 0 Å². The summed E-state index contributed by atoms with van der Waals surface area (Å²) in [6, 6.07) is 7.86. The molecular weight excluding hydrogens is 266 g/mol. The Labute approximate surface area is 124 Å². The fourth-order valence-electron chi connectivity index (χ4n) is 3.65. The van der Waals surface area contributed by atoms with E-state index >= 15 is 0 Å². The maximum Gasteiger partial charge on any atom is 0.326 e. The van der Waals surface area contributed by atoms with Crippen LogP contribution >= 0.6 is 0 Å². The molecule has 1 aliphatic heterocycles. The fraction of sp³-hybridized carbons (Fsp3) is 0.529. The molecule has 0 bridgehead atoms. The molecule has 0 aromatic heterocycles. The first-order valence-corrected chi connectivity index (χ1v) is 7.74. The highest BCUT2D eigenvalue weighted by Gasteiger charge is 2.34. The minimum absolute atomic E-state index is 0.0101. The Bertz CT molecular complexity index is 530.